The Labute approximate surface area is 188 Å². The minimum Gasteiger partial charge on any atom is -0.507 e. The number of likely N-dealkylation sites (tertiary alicyclic amines) is 1. The molecule has 2 fully saturated rings. The third-order valence-electron chi connectivity index (χ3n) is 6.36. The predicted molar refractivity (Wildman–Crippen MR) is 122 cm³/mol. The van der Waals surface area contributed by atoms with E-state index in [4.69, 9.17) is 9.47 Å². The monoisotopic (exact) mass is 435 g/mol. The Hall–Kier alpha value is -3.12. The van der Waals surface area contributed by atoms with Gasteiger partial charge in [0.1, 0.15) is 11.5 Å². The van der Waals surface area contributed by atoms with E-state index >= 15 is 0 Å². The number of carbonyl (C=O) groups is 2. The van der Waals surface area contributed by atoms with Crippen molar-refractivity contribution < 1.29 is 24.2 Å². The van der Waals surface area contributed by atoms with Gasteiger partial charge in [0.2, 0.25) is 0 Å². The Morgan fingerprint density at radius 1 is 1.19 bits per heavy atom. The molecule has 32 heavy (non-hydrogen) atoms. The summed E-state index contributed by atoms with van der Waals surface area (Å²) in [6.07, 6.45) is 2.58. The molecule has 168 valence electrons. The van der Waals surface area contributed by atoms with Crippen LogP contribution in [0.2, 0.25) is 0 Å². The molecule has 0 spiro atoms. The standard InChI is InChI=1S/C26H29NO5/c1-4-17-7-9-18(10-8-17)23-22(24(28)21-12-11-19(31-3)14-16(21)2)25(29)26(30)27(23)15-20-6-5-13-32-20/h7-12,14,20,23,28H,4-6,13,15H2,1-3H3/b24-22-. The lowest BCUT2D eigenvalue weighted by molar-refractivity contribution is -0.140. The summed E-state index contributed by atoms with van der Waals surface area (Å²) in [4.78, 5) is 27.8. The molecule has 0 radical (unpaired) electrons. The number of benzene rings is 2. The quantitative estimate of drug-likeness (QED) is 0.419. The number of hydrogen-bond donors (Lipinski definition) is 1. The highest BCUT2D eigenvalue weighted by Crippen LogP contribution is 2.40. The molecule has 6 heteroatoms. The summed E-state index contributed by atoms with van der Waals surface area (Å²) in [5.74, 6) is -0.773. The van der Waals surface area contributed by atoms with E-state index < -0.39 is 17.7 Å². The van der Waals surface area contributed by atoms with Crippen LogP contribution in [0.15, 0.2) is 48.0 Å². The number of nitrogens with zero attached hydrogens (tertiary/aromatic N) is 1. The molecule has 0 bridgehead atoms. The Kier molecular flexibility index (Phi) is 6.33. The number of carbonyl (C=O) groups excluding carboxylic acids is 2. The number of hydrogen-bond acceptors (Lipinski definition) is 5. The van der Waals surface area contributed by atoms with E-state index in [2.05, 4.69) is 6.92 Å². The van der Waals surface area contributed by atoms with E-state index in [1.807, 2.05) is 31.2 Å². The highest BCUT2D eigenvalue weighted by Gasteiger charge is 2.47. The van der Waals surface area contributed by atoms with Crippen LogP contribution in [0.5, 0.6) is 5.75 Å². The molecule has 2 aromatic carbocycles. The maximum atomic E-state index is 13.2. The topological polar surface area (TPSA) is 76.1 Å². The van der Waals surface area contributed by atoms with Gasteiger partial charge in [-0.2, -0.15) is 0 Å². The Morgan fingerprint density at radius 2 is 1.94 bits per heavy atom. The number of amides is 1. The molecule has 1 amide bonds. The van der Waals surface area contributed by atoms with E-state index in [1.54, 1.807) is 30.2 Å². The summed E-state index contributed by atoms with van der Waals surface area (Å²) in [7, 11) is 1.57. The molecule has 2 aromatic rings. The second-order valence-corrected chi connectivity index (χ2v) is 8.36. The Bertz CT molecular complexity index is 1050. The van der Waals surface area contributed by atoms with E-state index in [0.29, 0.717) is 24.5 Å². The first-order valence-electron chi connectivity index (χ1n) is 11.1. The molecule has 4 rings (SSSR count). The summed E-state index contributed by atoms with van der Waals surface area (Å²) in [6, 6.07) is 12.5. The van der Waals surface area contributed by atoms with Crippen molar-refractivity contribution in [2.45, 2.75) is 45.3 Å². The summed E-state index contributed by atoms with van der Waals surface area (Å²) in [5.41, 5.74) is 3.34. The highest BCUT2D eigenvalue weighted by molar-refractivity contribution is 6.46. The molecule has 2 aliphatic heterocycles. The van der Waals surface area contributed by atoms with Gasteiger partial charge in [-0.05, 0) is 61.1 Å². The van der Waals surface area contributed by atoms with Crippen LogP contribution in [0.25, 0.3) is 5.76 Å². The lowest BCUT2D eigenvalue weighted by atomic mass is 9.93. The fourth-order valence-electron chi connectivity index (χ4n) is 4.53. The molecule has 1 N–H and O–H groups in total. The molecular formula is C26H29NO5. The third kappa shape index (κ3) is 4.02. The van der Waals surface area contributed by atoms with Crippen molar-refractivity contribution in [1.29, 1.82) is 0 Å². The second-order valence-electron chi connectivity index (χ2n) is 8.36. The summed E-state index contributed by atoms with van der Waals surface area (Å²) in [6.45, 7) is 4.90. The van der Waals surface area contributed by atoms with Crippen LogP contribution in [0, 0.1) is 6.92 Å². The fourth-order valence-corrected chi connectivity index (χ4v) is 4.53. The first-order chi connectivity index (χ1) is 15.4. The van der Waals surface area contributed by atoms with Crippen molar-refractivity contribution >= 4 is 17.4 Å². The first kappa shape index (κ1) is 22.1. The van der Waals surface area contributed by atoms with Crippen LogP contribution in [0.3, 0.4) is 0 Å². The second kappa shape index (κ2) is 9.17. The van der Waals surface area contributed by atoms with Crippen LogP contribution in [-0.4, -0.2) is 48.1 Å². The molecule has 2 saturated heterocycles. The number of aryl methyl sites for hydroxylation is 2. The largest absolute Gasteiger partial charge is 0.507 e. The Balaban J connectivity index is 1.83. The number of aliphatic hydroxyl groups is 1. The fraction of sp³-hybridized carbons (Fsp3) is 0.385. The minimum atomic E-state index is -0.666. The van der Waals surface area contributed by atoms with Gasteiger partial charge in [0, 0.05) is 18.7 Å². The molecule has 0 aromatic heterocycles. The van der Waals surface area contributed by atoms with E-state index in [0.717, 1.165) is 36.0 Å². The van der Waals surface area contributed by atoms with Crippen molar-refractivity contribution in [2.24, 2.45) is 0 Å². The lowest BCUT2D eigenvalue weighted by Gasteiger charge is -2.27. The molecule has 2 heterocycles. The van der Waals surface area contributed by atoms with Gasteiger partial charge in [0.15, 0.2) is 0 Å². The molecule has 0 saturated carbocycles. The van der Waals surface area contributed by atoms with E-state index in [-0.39, 0.29) is 17.4 Å². The van der Waals surface area contributed by atoms with E-state index in [1.165, 1.54) is 0 Å². The van der Waals surface area contributed by atoms with Crippen LogP contribution in [0.4, 0.5) is 0 Å². The van der Waals surface area contributed by atoms with Crippen LogP contribution in [0.1, 0.15) is 48.1 Å². The molecule has 2 unspecified atom stereocenters. The zero-order valence-electron chi connectivity index (χ0n) is 18.8. The van der Waals surface area contributed by atoms with Crippen molar-refractivity contribution in [3.8, 4) is 5.75 Å². The summed E-state index contributed by atoms with van der Waals surface area (Å²) in [5, 5.41) is 11.3. The van der Waals surface area contributed by atoms with Gasteiger partial charge in [-0.15, -0.1) is 0 Å². The van der Waals surface area contributed by atoms with Crippen LogP contribution < -0.4 is 4.74 Å². The molecule has 0 aliphatic carbocycles. The van der Waals surface area contributed by atoms with Crippen molar-refractivity contribution in [1.82, 2.24) is 4.90 Å². The zero-order chi connectivity index (χ0) is 22.8. The number of ether oxygens (including phenoxy) is 2. The van der Waals surface area contributed by atoms with Gasteiger partial charge < -0.3 is 19.5 Å². The normalized spacial score (nSPS) is 22.5. The minimum absolute atomic E-state index is 0.103. The highest BCUT2D eigenvalue weighted by atomic mass is 16.5. The van der Waals surface area contributed by atoms with Gasteiger partial charge in [-0.1, -0.05) is 31.2 Å². The predicted octanol–water partition coefficient (Wildman–Crippen LogP) is 4.17. The number of aliphatic hydroxyl groups excluding tert-OH is 1. The lowest BCUT2D eigenvalue weighted by Crippen LogP contribution is -2.36. The van der Waals surface area contributed by atoms with E-state index in [9.17, 15) is 14.7 Å². The maximum Gasteiger partial charge on any atom is 0.295 e. The third-order valence-corrected chi connectivity index (χ3v) is 6.36. The van der Waals surface area contributed by atoms with Crippen LogP contribution in [-0.2, 0) is 20.7 Å². The molecule has 2 aliphatic rings. The molecular weight excluding hydrogens is 406 g/mol. The number of methoxy groups -OCH3 is 1. The van der Waals surface area contributed by atoms with Gasteiger partial charge >= 0.3 is 0 Å². The average molecular weight is 436 g/mol. The van der Waals surface area contributed by atoms with Gasteiger partial charge in [0.05, 0.1) is 24.8 Å². The van der Waals surface area contributed by atoms with Gasteiger partial charge in [0.25, 0.3) is 11.7 Å². The Morgan fingerprint density at radius 3 is 2.53 bits per heavy atom. The summed E-state index contributed by atoms with van der Waals surface area (Å²) >= 11 is 0. The van der Waals surface area contributed by atoms with Gasteiger partial charge in [-0.3, -0.25) is 9.59 Å². The van der Waals surface area contributed by atoms with Crippen molar-refractivity contribution in [2.75, 3.05) is 20.3 Å². The summed E-state index contributed by atoms with van der Waals surface area (Å²) < 4.78 is 11.0. The SMILES string of the molecule is CCc1ccc(C2/C(=C(/O)c3ccc(OC)cc3C)C(=O)C(=O)N2CC2CCCO2)cc1. The van der Waals surface area contributed by atoms with Gasteiger partial charge in [-0.25, -0.2) is 0 Å². The van der Waals surface area contributed by atoms with Crippen molar-refractivity contribution in [3.05, 3.63) is 70.3 Å². The zero-order valence-corrected chi connectivity index (χ0v) is 18.8. The first-order valence-corrected chi connectivity index (χ1v) is 11.1. The number of rotatable bonds is 6. The smallest absolute Gasteiger partial charge is 0.295 e. The van der Waals surface area contributed by atoms with Crippen LogP contribution >= 0.6 is 0 Å². The maximum absolute atomic E-state index is 13.2. The molecule has 6 nitrogen and oxygen atoms in total. The molecule has 2 atom stereocenters. The number of Topliss-reactive ketones (excluding diaryl/α,β-unsaturated/α-hetero) is 1. The number of ketones is 1. The van der Waals surface area contributed by atoms with Crippen molar-refractivity contribution in [3.63, 3.8) is 0 Å². The average Bonchev–Trinajstić information content (AvgIpc) is 3.41.